The van der Waals surface area contributed by atoms with Crippen LogP contribution >= 0.6 is 12.4 Å². The minimum absolute atomic E-state index is 0. The number of carbonyl (C=O) groups is 2. The fourth-order valence-electron chi connectivity index (χ4n) is 3.35. The summed E-state index contributed by atoms with van der Waals surface area (Å²) in [5.41, 5.74) is 1.75. The van der Waals surface area contributed by atoms with Crippen molar-refractivity contribution in [2.24, 2.45) is 0 Å². The molecule has 1 aliphatic heterocycles. The van der Waals surface area contributed by atoms with Gasteiger partial charge in [-0.2, -0.15) is 0 Å². The maximum atomic E-state index is 12.8. The third-order valence-corrected chi connectivity index (χ3v) is 5.09. The molecule has 0 aromatic heterocycles. The van der Waals surface area contributed by atoms with Crippen LogP contribution in [0.4, 0.5) is 0 Å². The van der Waals surface area contributed by atoms with Gasteiger partial charge in [0.15, 0.2) is 0 Å². The lowest BCUT2D eigenvalue weighted by Gasteiger charge is -2.35. The van der Waals surface area contributed by atoms with Crippen LogP contribution in [-0.4, -0.2) is 61.4 Å². The Morgan fingerprint density at radius 1 is 0.933 bits per heavy atom. The van der Waals surface area contributed by atoms with Crippen LogP contribution in [0.2, 0.25) is 0 Å². The van der Waals surface area contributed by atoms with Crippen LogP contribution < -0.4 is 10.1 Å². The molecule has 30 heavy (non-hydrogen) atoms. The van der Waals surface area contributed by atoms with Gasteiger partial charge in [-0.05, 0) is 49.8 Å². The number of halogens is 1. The van der Waals surface area contributed by atoms with Gasteiger partial charge in [0.25, 0.3) is 5.91 Å². The van der Waals surface area contributed by atoms with Crippen molar-refractivity contribution in [1.29, 1.82) is 0 Å². The minimum Gasteiger partial charge on any atom is -0.489 e. The molecule has 2 aromatic rings. The Kier molecular flexibility index (Phi) is 9.64. The van der Waals surface area contributed by atoms with Gasteiger partial charge in [0.1, 0.15) is 12.4 Å². The maximum absolute atomic E-state index is 12.8. The Bertz CT molecular complexity index is 791. The average molecular weight is 432 g/mol. The summed E-state index contributed by atoms with van der Waals surface area (Å²) in [6.45, 7) is 3.68. The molecule has 0 bridgehead atoms. The van der Waals surface area contributed by atoms with Crippen LogP contribution in [0.1, 0.15) is 28.8 Å². The molecule has 2 aromatic carbocycles. The smallest absolute Gasteiger partial charge is 0.253 e. The number of hydrogen-bond donors (Lipinski definition) is 1. The second kappa shape index (κ2) is 12.2. The highest BCUT2D eigenvalue weighted by atomic mass is 35.5. The Morgan fingerprint density at radius 2 is 1.57 bits per heavy atom. The Morgan fingerprint density at radius 3 is 2.20 bits per heavy atom. The van der Waals surface area contributed by atoms with E-state index >= 15 is 0 Å². The largest absolute Gasteiger partial charge is 0.489 e. The summed E-state index contributed by atoms with van der Waals surface area (Å²) in [7, 11) is 1.89. The summed E-state index contributed by atoms with van der Waals surface area (Å²) in [6.07, 6.45) is 1.40. The Hall–Kier alpha value is -2.57. The van der Waals surface area contributed by atoms with E-state index < -0.39 is 0 Å². The highest BCUT2D eigenvalue weighted by molar-refractivity contribution is 5.94. The number of nitrogens with one attached hydrogen (secondary N) is 1. The van der Waals surface area contributed by atoms with Crippen LogP contribution in [0.3, 0.4) is 0 Å². The zero-order chi connectivity index (χ0) is 20.5. The van der Waals surface area contributed by atoms with E-state index in [2.05, 4.69) is 5.32 Å². The second-order valence-electron chi connectivity index (χ2n) is 7.18. The van der Waals surface area contributed by atoms with Gasteiger partial charge in [0.05, 0.1) is 0 Å². The van der Waals surface area contributed by atoms with Gasteiger partial charge in [-0.3, -0.25) is 9.59 Å². The first-order valence-corrected chi connectivity index (χ1v) is 10.2. The maximum Gasteiger partial charge on any atom is 0.253 e. The zero-order valence-corrected chi connectivity index (χ0v) is 18.2. The molecule has 0 radical (unpaired) electrons. The van der Waals surface area contributed by atoms with E-state index in [-0.39, 0.29) is 24.2 Å². The number of amides is 2. The molecular formula is C23H30ClN3O3. The van der Waals surface area contributed by atoms with Crippen LogP contribution in [0.15, 0.2) is 54.6 Å². The SMILES string of the molecule is CNCCCC(=O)N1CCN(C(=O)c2ccc(OCc3ccccc3)cc2)CC1.Cl. The van der Waals surface area contributed by atoms with Crippen molar-refractivity contribution in [2.45, 2.75) is 19.4 Å². The van der Waals surface area contributed by atoms with Crippen LogP contribution in [0, 0.1) is 0 Å². The molecule has 3 rings (SSSR count). The van der Waals surface area contributed by atoms with E-state index in [1.807, 2.05) is 59.3 Å². The molecule has 7 heteroatoms. The van der Waals surface area contributed by atoms with Gasteiger partial charge in [-0.15, -0.1) is 12.4 Å². The summed E-state index contributed by atoms with van der Waals surface area (Å²) in [5.74, 6) is 0.913. The number of piperazine rings is 1. The molecule has 1 N–H and O–H groups in total. The fourth-order valence-corrected chi connectivity index (χ4v) is 3.35. The molecule has 1 heterocycles. The second-order valence-corrected chi connectivity index (χ2v) is 7.18. The first-order valence-electron chi connectivity index (χ1n) is 10.2. The van der Waals surface area contributed by atoms with Gasteiger partial charge >= 0.3 is 0 Å². The predicted octanol–water partition coefficient (Wildman–Crippen LogP) is 2.97. The highest BCUT2D eigenvalue weighted by Gasteiger charge is 2.24. The van der Waals surface area contributed by atoms with E-state index in [9.17, 15) is 9.59 Å². The molecule has 0 saturated carbocycles. The summed E-state index contributed by atoms with van der Waals surface area (Å²) < 4.78 is 5.78. The number of ether oxygens (including phenoxy) is 1. The van der Waals surface area contributed by atoms with E-state index in [1.54, 1.807) is 12.1 Å². The quantitative estimate of drug-likeness (QED) is 0.653. The lowest BCUT2D eigenvalue weighted by molar-refractivity contribution is -0.132. The molecule has 2 amide bonds. The summed E-state index contributed by atoms with van der Waals surface area (Å²) in [5, 5.41) is 3.05. The lowest BCUT2D eigenvalue weighted by Crippen LogP contribution is -2.50. The molecule has 0 aliphatic carbocycles. The first kappa shape index (κ1) is 23.7. The first-order chi connectivity index (χ1) is 14.2. The van der Waals surface area contributed by atoms with Crippen molar-refractivity contribution >= 4 is 24.2 Å². The molecule has 0 spiro atoms. The average Bonchev–Trinajstić information content (AvgIpc) is 2.78. The van der Waals surface area contributed by atoms with Crippen LogP contribution in [0.5, 0.6) is 5.75 Å². The van der Waals surface area contributed by atoms with Gasteiger partial charge in [0, 0.05) is 38.2 Å². The van der Waals surface area contributed by atoms with E-state index in [0.29, 0.717) is 44.8 Å². The summed E-state index contributed by atoms with van der Waals surface area (Å²) >= 11 is 0. The van der Waals surface area contributed by atoms with E-state index in [1.165, 1.54) is 0 Å². The molecule has 162 valence electrons. The summed E-state index contributed by atoms with van der Waals surface area (Å²) in [6, 6.07) is 17.2. The minimum atomic E-state index is 0. The van der Waals surface area contributed by atoms with Crippen molar-refractivity contribution in [3.8, 4) is 5.75 Å². The normalized spacial score (nSPS) is 13.5. The topological polar surface area (TPSA) is 61.9 Å². The van der Waals surface area contributed by atoms with Crippen molar-refractivity contribution in [3.63, 3.8) is 0 Å². The van der Waals surface area contributed by atoms with E-state index in [0.717, 1.165) is 24.3 Å². The summed E-state index contributed by atoms with van der Waals surface area (Å²) in [4.78, 5) is 28.6. The molecule has 1 aliphatic rings. The van der Waals surface area contributed by atoms with Crippen molar-refractivity contribution in [3.05, 3.63) is 65.7 Å². The zero-order valence-electron chi connectivity index (χ0n) is 17.4. The third-order valence-electron chi connectivity index (χ3n) is 5.09. The van der Waals surface area contributed by atoms with Gasteiger partial charge < -0.3 is 19.9 Å². The number of nitrogens with zero attached hydrogens (tertiary/aromatic N) is 2. The number of carbonyl (C=O) groups excluding carboxylic acids is 2. The van der Waals surface area contributed by atoms with Gasteiger partial charge in [-0.25, -0.2) is 0 Å². The number of hydrogen-bond acceptors (Lipinski definition) is 4. The molecule has 1 fully saturated rings. The Labute approximate surface area is 184 Å². The molecular weight excluding hydrogens is 402 g/mol. The van der Waals surface area contributed by atoms with E-state index in [4.69, 9.17) is 4.74 Å². The molecule has 1 saturated heterocycles. The fraction of sp³-hybridized carbons (Fsp3) is 0.391. The third kappa shape index (κ3) is 6.75. The number of rotatable bonds is 8. The van der Waals surface area contributed by atoms with Crippen molar-refractivity contribution in [1.82, 2.24) is 15.1 Å². The predicted molar refractivity (Wildman–Crippen MR) is 120 cm³/mol. The van der Waals surface area contributed by atoms with Gasteiger partial charge in [0.2, 0.25) is 5.91 Å². The lowest BCUT2D eigenvalue weighted by atomic mass is 10.1. The highest BCUT2D eigenvalue weighted by Crippen LogP contribution is 2.16. The van der Waals surface area contributed by atoms with Crippen LogP contribution in [-0.2, 0) is 11.4 Å². The number of benzene rings is 2. The van der Waals surface area contributed by atoms with Crippen molar-refractivity contribution < 1.29 is 14.3 Å². The molecule has 0 atom stereocenters. The monoisotopic (exact) mass is 431 g/mol. The van der Waals surface area contributed by atoms with Crippen LogP contribution in [0.25, 0.3) is 0 Å². The van der Waals surface area contributed by atoms with Crippen molar-refractivity contribution in [2.75, 3.05) is 39.8 Å². The van der Waals surface area contributed by atoms with Gasteiger partial charge in [-0.1, -0.05) is 30.3 Å². The Balaban J connectivity index is 0.00000320. The standard InChI is InChI=1S/C23H29N3O3.ClH/c1-24-13-5-8-22(27)25-14-16-26(17-15-25)23(28)20-9-11-21(12-10-20)29-18-19-6-3-2-4-7-19;/h2-4,6-7,9-12,24H,5,8,13-18H2,1H3;1H. The molecule has 6 nitrogen and oxygen atoms in total. The molecule has 0 unspecified atom stereocenters.